The number of ketones is 1. The fourth-order valence-electron chi connectivity index (χ4n) is 5.08. The molecule has 1 saturated carbocycles. The number of carbonyl (C=O) groups excluding carboxylic acids is 1. The molecule has 2 aromatic carbocycles. The lowest BCUT2D eigenvalue weighted by molar-refractivity contribution is 0.0991. The van der Waals surface area contributed by atoms with Crippen molar-refractivity contribution in [2.75, 3.05) is 14.2 Å². The van der Waals surface area contributed by atoms with Crippen LogP contribution in [0.15, 0.2) is 77.9 Å². The summed E-state index contributed by atoms with van der Waals surface area (Å²) in [5.74, 6) is 1.14. The molecule has 0 amide bonds. The zero-order valence-electron chi connectivity index (χ0n) is 23.4. The van der Waals surface area contributed by atoms with Crippen molar-refractivity contribution < 1.29 is 23.4 Å². The van der Waals surface area contributed by atoms with Crippen LogP contribution < -0.4 is 19.6 Å². The number of nitrogens with zero attached hydrogens (tertiary/aromatic N) is 3. The first-order chi connectivity index (χ1) is 20.4. The van der Waals surface area contributed by atoms with Gasteiger partial charge in [-0.15, -0.1) is 0 Å². The van der Waals surface area contributed by atoms with E-state index in [-0.39, 0.29) is 35.1 Å². The fraction of sp³-hybridized carbons (Fsp3) is 0.212. The topological polar surface area (TPSA) is 92.5 Å². The van der Waals surface area contributed by atoms with Crippen LogP contribution in [0.5, 0.6) is 23.1 Å². The molecular weight excluding hydrogens is 537 g/mol. The van der Waals surface area contributed by atoms with Gasteiger partial charge in [0.05, 0.1) is 25.3 Å². The number of Topliss-reactive ketones (excluding diaryl/α,β-unsaturated/α-hetero) is 1. The second kappa shape index (κ2) is 11.1. The predicted octanol–water partition coefficient (Wildman–Crippen LogP) is 6.48. The zero-order chi connectivity index (χ0) is 29.4. The third-order valence-corrected chi connectivity index (χ3v) is 7.40. The lowest BCUT2D eigenvalue weighted by Crippen LogP contribution is -2.23. The number of benzene rings is 2. The molecule has 9 heteroatoms. The molecule has 0 saturated heterocycles. The SMILES string of the molecule is COc1cc2nccc(Oc3ccc(CC(=O)c4cn(C5CC5)c(C)c(-c5ccc(F)cc5)c4=O)cc3)c2nc1OC. The molecule has 0 N–H and O–H groups in total. The summed E-state index contributed by atoms with van der Waals surface area (Å²) in [6, 6.07) is 16.6. The van der Waals surface area contributed by atoms with E-state index in [9.17, 15) is 14.0 Å². The Morgan fingerprint density at radius 3 is 2.40 bits per heavy atom. The Hall–Kier alpha value is -5.05. The smallest absolute Gasteiger partial charge is 0.257 e. The van der Waals surface area contributed by atoms with E-state index in [1.165, 1.54) is 26.4 Å². The predicted molar refractivity (Wildman–Crippen MR) is 156 cm³/mol. The average Bonchev–Trinajstić information content (AvgIpc) is 3.84. The van der Waals surface area contributed by atoms with Crippen molar-refractivity contribution >= 4 is 16.8 Å². The summed E-state index contributed by atoms with van der Waals surface area (Å²) in [4.78, 5) is 35.9. The molecule has 0 unspecified atom stereocenters. The van der Waals surface area contributed by atoms with E-state index in [0.717, 1.165) is 24.1 Å². The van der Waals surface area contributed by atoms with Gasteiger partial charge in [0.1, 0.15) is 17.1 Å². The molecule has 8 nitrogen and oxygen atoms in total. The Morgan fingerprint density at radius 1 is 1.00 bits per heavy atom. The van der Waals surface area contributed by atoms with Crippen molar-refractivity contribution in [3.63, 3.8) is 0 Å². The van der Waals surface area contributed by atoms with Crippen LogP contribution in [-0.2, 0) is 6.42 Å². The van der Waals surface area contributed by atoms with Crippen LogP contribution in [0.4, 0.5) is 4.39 Å². The molecular formula is C33H28FN3O5. The van der Waals surface area contributed by atoms with Gasteiger partial charge in [0.2, 0.25) is 0 Å². The third kappa shape index (κ3) is 5.21. The van der Waals surface area contributed by atoms with Crippen LogP contribution in [0, 0.1) is 12.7 Å². The highest BCUT2D eigenvalue weighted by Crippen LogP contribution is 2.38. The first kappa shape index (κ1) is 27.1. The number of carbonyl (C=O) groups is 1. The van der Waals surface area contributed by atoms with Crippen molar-refractivity contribution in [3.05, 3.63) is 106 Å². The van der Waals surface area contributed by atoms with Crippen LogP contribution >= 0.6 is 0 Å². The van der Waals surface area contributed by atoms with E-state index in [2.05, 4.69) is 9.97 Å². The van der Waals surface area contributed by atoms with Crippen molar-refractivity contribution in [2.24, 2.45) is 0 Å². The number of aromatic nitrogens is 3. The largest absolute Gasteiger partial charge is 0.491 e. The summed E-state index contributed by atoms with van der Waals surface area (Å²) in [6.07, 6.45) is 5.33. The van der Waals surface area contributed by atoms with Crippen molar-refractivity contribution in [2.45, 2.75) is 32.2 Å². The molecule has 42 heavy (non-hydrogen) atoms. The van der Waals surface area contributed by atoms with Gasteiger partial charge in [-0.25, -0.2) is 9.37 Å². The minimum absolute atomic E-state index is 0.0445. The van der Waals surface area contributed by atoms with E-state index in [4.69, 9.17) is 14.2 Å². The zero-order valence-corrected chi connectivity index (χ0v) is 23.4. The van der Waals surface area contributed by atoms with Crippen LogP contribution in [0.1, 0.15) is 40.5 Å². The molecule has 1 aliphatic rings. The number of rotatable bonds is 9. The van der Waals surface area contributed by atoms with Crippen LogP contribution in [0.25, 0.3) is 22.2 Å². The Morgan fingerprint density at radius 2 is 1.74 bits per heavy atom. The van der Waals surface area contributed by atoms with E-state index < -0.39 is 0 Å². The summed E-state index contributed by atoms with van der Waals surface area (Å²) < 4.78 is 32.3. The van der Waals surface area contributed by atoms with E-state index >= 15 is 0 Å². The quantitative estimate of drug-likeness (QED) is 0.189. The van der Waals surface area contributed by atoms with Crippen molar-refractivity contribution in [3.8, 4) is 34.3 Å². The van der Waals surface area contributed by atoms with Gasteiger partial charge < -0.3 is 18.8 Å². The normalized spacial score (nSPS) is 12.8. The second-order valence-electron chi connectivity index (χ2n) is 10.2. The number of fused-ring (bicyclic) bond motifs is 1. The molecule has 1 aliphatic carbocycles. The lowest BCUT2D eigenvalue weighted by atomic mass is 9.97. The van der Waals surface area contributed by atoms with Gasteiger partial charge in [0.25, 0.3) is 5.88 Å². The first-order valence-corrected chi connectivity index (χ1v) is 13.6. The number of hydrogen-bond acceptors (Lipinski definition) is 7. The summed E-state index contributed by atoms with van der Waals surface area (Å²) >= 11 is 0. The number of halogens is 1. The summed E-state index contributed by atoms with van der Waals surface area (Å²) in [5, 5.41) is 0. The molecule has 0 radical (unpaired) electrons. The van der Waals surface area contributed by atoms with Gasteiger partial charge in [0.15, 0.2) is 22.7 Å². The second-order valence-corrected chi connectivity index (χ2v) is 10.2. The minimum atomic E-state index is -0.382. The number of methoxy groups -OCH3 is 2. The molecule has 5 aromatic rings. The van der Waals surface area contributed by atoms with Gasteiger partial charge in [-0.3, -0.25) is 14.6 Å². The highest BCUT2D eigenvalue weighted by atomic mass is 19.1. The molecule has 6 rings (SSSR count). The maximum atomic E-state index is 13.6. The fourth-order valence-corrected chi connectivity index (χ4v) is 5.08. The van der Waals surface area contributed by atoms with Crippen LogP contribution in [-0.4, -0.2) is 34.5 Å². The van der Waals surface area contributed by atoms with Gasteiger partial charge >= 0.3 is 0 Å². The lowest BCUT2D eigenvalue weighted by Gasteiger charge is -2.16. The van der Waals surface area contributed by atoms with Gasteiger partial charge in [0, 0.05) is 48.2 Å². The number of pyridine rings is 3. The van der Waals surface area contributed by atoms with Crippen LogP contribution in [0.2, 0.25) is 0 Å². The number of ether oxygens (including phenoxy) is 3. The molecule has 0 aliphatic heterocycles. The molecule has 1 fully saturated rings. The van der Waals surface area contributed by atoms with Crippen LogP contribution in [0.3, 0.4) is 0 Å². The molecule has 0 spiro atoms. The first-order valence-electron chi connectivity index (χ1n) is 13.6. The monoisotopic (exact) mass is 565 g/mol. The van der Waals surface area contributed by atoms with E-state index in [1.54, 1.807) is 60.9 Å². The summed E-state index contributed by atoms with van der Waals surface area (Å²) in [7, 11) is 3.04. The highest BCUT2D eigenvalue weighted by Gasteiger charge is 2.28. The Labute approximate surface area is 241 Å². The standard InChI is InChI=1S/C33H28FN3O5/c1-19-30(21-6-8-22(34)9-7-21)32(39)25(18-37(19)23-10-11-23)27(38)16-20-4-12-24(13-5-20)42-28-14-15-35-26-17-29(40-2)33(41-3)36-31(26)28/h4-9,12-15,17-18,23H,10-11,16H2,1-3H3. The van der Waals surface area contributed by atoms with Crippen molar-refractivity contribution in [1.82, 2.24) is 14.5 Å². The molecule has 3 heterocycles. The average molecular weight is 566 g/mol. The minimum Gasteiger partial charge on any atom is -0.491 e. The van der Waals surface area contributed by atoms with E-state index in [1.807, 2.05) is 11.5 Å². The molecule has 0 atom stereocenters. The van der Waals surface area contributed by atoms with Crippen molar-refractivity contribution in [1.29, 1.82) is 0 Å². The summed E-state index contributed by atoms with van der Waals surface area (Å²) in [6.45, 7) is 1.87. The maximum Gasteiger partial charge on any atom is 0.257 e. The Bertz CT molecular complexity index is 1860. The van der Waals surface area contributed by atoms with Gasteiger partial charge in [-0.2, -0.15) is 0 Å². The molecule has 3 aromatic heterocycles. The Kier molecular flexibility index (Phi) is 7.16. The Balaban J connectivity index is 1.26. The molecule has 212 valence electrons. The van der Waals surface area contributed by atoms with Gasteiger partial charge in [-0.05, 0) is 55.2 Å². The van der Waals surface area contributed by atoms with E-state index in [0.29, 0.717) is 45.3 Å². The number of hydrogen-bond donors (Lipinski definition) is 0. The molecule has 0 bridgehead atoms. The third-order valence-electron chi connectivity index (χ3n) is 7.40. The maximum absolute atomic E-state index is 13.6. The van der Waals surface area contributed by atoms with Gasteiger partial charge in [-0.1, -0.05) is 24.3 Å². The summed E-state index contributed by atoms with van der Waals surface area (Å²) in [5.41, 5.74) is 3.43. The highest BCUT2D eigenvalue weighted by molar-refractivity contribution is 5.98.